The highest BCUT2D eigenvalue weighted by Crippen LogP contribution is 2.19. The number of anilines is 1. The molecule has 18 heavy (non-hydrogen) atoms. The van der Waals surface area contributed by atoms with Gasteiger partial charge in [-0.2, -0.15) is 0 Å². The maximum Gasteiger partial charge on any atom is 0.0468 e. The van der Waals surface area contributed by atoms with Crippen molar-refractivity contribution in [1.29, 1.82) is 0 Å². The lowest BCUT2D eigenvalue weighted by atomic mass is 10.1. The second kappa shape index (κ2) is 6.23. The van der Waals surface area contributed by atoms with Crippen LogP contribution in [0.2, 0.25) is 5.02 Å². The fourth-order valence-corrected chi connectivity index (χ4v) is 2.79. The third-order valence-corrected chi connectivity index (χ3v) is 4.18. The highest BCUT2D eigenvalue weighted by atomic mass is 35.5. The van der Waals surface area contributed by atoms with Gasteiger partial charge in [0, 0.05) is 28.2 Å². The molecule has 1 heterocycles. The molecule has 4 heteroatoms. The van der Waals surface area contributed by atoms with Crippen LogP contribution in [0.3, 0.4) is 0 Å². The van der Waals surface area contributed by atoms with E-state index < -0.39 is 0 Å². The molecule has 0 saturated heterocycles. The molecule has 0 aliphatic rings. The summed E-state index contributed by atoms with van der Waals surface area (Å²) in [5, 5.41) is 6.33. The lowest BCUT2D eigenvalue weighted by Crippen LogP contribution is -2.27. The molecule has 2 aromatic rings. The number of thiophene rings is 1. The Bertz CT molecular complexity index is 510. The van der Waals surface area contributed by atoms with E-state index in [-0.39, 0.29) is 0 Å². The summed E-state index contributed by atoms with van der Waals surface area (Å²) in [6.07, 6.45) is 0.922. The van der Waals surface area contributed by atoms with Crippen LogP contribution in [0.5, 0.6) is 0 Å². The van der Waals surface area contributed by atoms with Crippen molar-refractivity contribution >= 4 is 28.6 Å². The van der Waals surface area contributed by atoms with Crippen LogP contribution < -0.4 is 11.1 Å². The van der Waals surface area contributed by atoms with Crippen LogP contribution in [-0.4, -0.2) is 6.04 Å². The average Bonchev–Trinajstić information content (AvgIpc) is 2.75. The summed E-state index contributed by atoms with van der Waals surface area (Å²) in [6.45, 7) is 2.97. The Morgan fingerprint density at radius 2 is 2.11 bits per heavy atom. The van der Waals surface area contributed by atoms with Gasteiger partial charge < -0.3 is 11.1 Å². The predicted molar refractivity (Wildman–Crippen MR) is 80.2 cm³/mol. The van der Waals surface area contributed by atoms with E-state index in [1.165, 1.54) is 10.4 Å². The summed E-state index contributed by atoms with van der Waals surface area (Å²) in [4.78, 5) is 1.20. The molecule has 96 valence electrons. The summed E-state index contributed by atoms with van der Waals surface area (Å²) < 4.78 is 0. The molecule has 1 atom stereocenters. The van der Waals surface area contributed by atoms with Crippen molar-refractivity contribution in [2.24, 2.45) is 0 Å². The quantitative estimate of drug-likeness (QED) is 0.876. The monoisotopic (exact) mass is 280 g/mol. The van der Waals surface area contributed by atoms with E-state index in [1.807, 2.05) is 29.6 Å². The molecule has 1 unspecified atom stereocenters. The zero-order valence-electron chi connectivity index (χ0n) is 10.3. The average molecular weight is 281 g/mol. The summed E-state index contributed by atoms with van der Waals surface area (Å²) in [5.41, 5.74) is 7.90. The molecule has 2 rings (SSSR count). The van der Waals surface area contributed by atoms with Gasteiger partial charge in [-0.25, -0.2) is 0 Å². The minimum absolute atomic E-state index is 0.367. The van der Waals surface area contributed by atoms with Gasteiger partial charge in [-0.05, 0) is 36.4 Å². The van der Waals surface area contributed by atoms with E-state index in [4.69, 9.17) is 17.3 Å². The Labute approximate surface area is 117 Å². The van der Waals surface area contributed by atoms with Crippen LogP contribution in [0.1, 0.15) is 17.4 Å². The van der Waals surface area contributed by atoms with Gasteiger partial charge in [0.25, 0.3) is 0 Å². The van der Waals surface area contributed by atoms with Crippen molar-refractivity contribution in [3.63, 3.8) is 0 Å². The second-order valence-electron chi connectivity index (χ2n) is 4.38. The van der Waals surface area contributed by atoms with E-state index in [0.29, 0.717) is 6.04 Å². The SMILES string of the molecule is CC(Cc1ccccc1Cl)NCc1sccc1N. The first-order valence-electron chi connectivity index (χ1n) is 5.95. The molecule has 0 radical (unpaired) electrons. The molecule has 1 aromatic carbocycles. The highest BCUT2D eigenvalue weighted by Gasteiger charge is 2.07. The van der Waals surface area contributed by atoms with E-state index in [2.05, 4.69) is 18.3 Å². The van der Waals surface area contributed by atoms with Crippen LogP contribution in [-0.2, 0) is 13.0 Å². The molecule has 0 aliphatic heterocycles. The maximum absolute atomic E-state index is 6.15. The van der Waals surface area contributed by atoms with Crippen molar-refractivity contribution < 1.29 is 0 Å². The molecular weight excluding hydrogens is 264 g/mol. The third kappa shape index (κ3) is 3.48. The molecule has 0 saturated carbocycles. The van der Waals surface area contributed by atoms with E-state index in [9.17, 15) is 0 Å². The first-order chi connectivity index (χ1) is 8.66. The number of nitrogens with two attached hydrogens (primary N) is 1. The lowest BCUT2D eigenvalue weighted by molar-refractivity contribution is 0.549. The Kier molecular flexibility index (Phi) is 4.64. The molecule has 1 aromatic heterocycles. The third-order valence-electron chi connectivity index (χ3n) is 2.87. The molecule has 0 aliphatic carbocycles. The number of nitrogen functional groups attached to an aromatic ring is 1. The number of nitrogens with one attached hydrogen (secondary N) is 1. The van der Waals surface area contributed by atoms with E-state index in [1.54, 1.807) is 11.3 Å². The van der Waals surface area contributed by atoms with Crippen LogP contribution in [0.15, 0.2) is 35.7 Å². The fourth-order valence-electron chi connectivity index (χ4n) is 1.83. The first kappa shape index (κ1) is 13.4. The van der Waals surface area contributed by atoms with Crippen molar-refractivity contribution in [2.75, 3.05) is 5.73 Å². The summed E-state index contributed by atoms with van der Waals surface area (Å²) in [7, 11) is 0. The molecule has 0 amide bonds. The van der Waals surface area contributed by atoms with Crippen molar-refractivity contribution in [3.8, 4) is 0 Å². The van der Waals surface area contributed by atoms with Gasteiger partial charge in [-0.1, -0.05) is 29.8 Å². The minimum atomic E-state index is 0.367. The summed E-state index contributed by atoms with van der Waals surface area (Å²) >= 11 is 7.83. The van der Waals surface area contributed by atoms with Crippen LogP contribution in [0.4, 0.5) is 5.69 Å². The van der Waals surface area contributed by atoms with Gasteiger partial charge >= 0.3 is 0 Å². The number of hydrogen-bond acceptors (Lipinski definition) is 3. The van der Waals surface area contributed by atoms with Gasteiger partial charge in [-0.15, -0.1) is 11.3 Å². The van der Waals surface area contributed by atoms with Crippen molar-refractivity contribution in [3.05, 3.63) is 51.2 Å². The largest absolute Gasteiger partial charge is 0.398 e. The molecular formula is C14H17ClN2S. The Hall–Kier alpha value is -1.03. The molecule has 0 fully saturated rings. The predicted octanol–water partition coefficient (Wildman–Crippen LogP) is 3.70. The van der Waals surface area contributed by atoms with Gasteiger partial charge in [0.15, 0.2) is 0 Å². The van der Waals surface area contributed by atoms with Crippen molar-refractivity contribution in [2.45, 2.75) is 25.9 Å². The smallest absolute Gasteiger partial charge is 0.0468 e. The van der Waals surface area contributed by atoms with E-state index >= 15 is 0 Å². The van der Waals surface area contributed by atoms with Crippen molar-refractivity contribution in [1.82, 2.24) is 5.32 Å². The Balaban J connectivity index is 1.88. The van der Waals surface area contributed by atoms with Gasteiger partial charge in [0.2, 0.25) is 0 Å². The fraction of sp³-hybridized carbons (Fsp3) is 0.286. The van der Waals surface area contributed by atoms with Crippen LogP contribution in [0.25, 0.3) is 0 Å². The van der Waals surface area contributed by atoms with Gasteiger partial charge in [0.1, 0.15) is 0 Å². The van der Waals surface area contributed by atoms with Gasteiger partial charge in [0.05, 0.1) is 0 Å². The van der Waals surface area contributed by atoms with Gasteiger partial charge in [-0.3, -0.25) is 0 Å². The Morgan fingerprint density at radius 1 is 1.33 bits per heavy atom. The zero-order valence-corrected chi connectivity index (χ0v) is 11.9. The zero-order chi connectivity index (χ0) is 13.0. The molecule has 0 bridgehead atoms. The topological polar surface area (TPSA) is 38.0 Å². The minimum Gasteiger partial charge on any atom is -0.398 e. The first-order valence-corrected chi connectivity index (χ1v) is 7.21. The molecule has 0 spiro atoms. The number of rotatable bonds is 5. The highest BCUT2D eigenvalue weighted by molar-refractivity contribution is 7.10. The standard InChI is InChI=1S/C14H17ClN2S/c1-10(8-11-4-2-3-5-12(11)15)17-9-14-13(16)6-7-18-14/h2-7,10,17H,8-9,16H2,1H3. The maximum atomic E-state index is 6.15. The number of benzene rings is 1. The van der Waals surface area contributed by atoms with Crippen LogP contribution >= 0.6 is 22.9 Å². The lowest BCUT2D eigenvalue weighted by Gasteiger charge is -2.14. The summed E-state index contributed by atoms with van der Waals surface area (Å²) in [6, 6.07) is 10.3. The number of hydrogen-bond donors (Lipinski definition) is 2. The van der Waals surface area contributed by atoms with E-state index in [0.717, 1.165) is 23.7 Å². The molecule has 3 N–H and O–H groups in total. The van der Waals surface area contributed by atoms with Crippen LogP contribution in [0, 0.1) is 0 Å². The number of halogens is 1. The normalized spacial score (nSPS) is 12.6. The molecule has 2 nitrogen and oxygen atoms in total. The Morgan fingerprint density at radius 3 is 2.78 bits per heavy atom. The summed E-state index contributed by atoms with van der Waals surface area (Å²) in [5.74, 6) is 0. The second-order valence-corrected chi connectivity index (χ2v) is 5.78.